The maximum atomic E-state index is 11.6. The third-order valence-corrected chi connectivity index (χ3v) is 3.22. The van der Waals surface area contributed by atoms with E-state index in [1.807, 2.05) is 0 Å². The Hall–Kier alpha value is -2.20. The van der Waals surface area contributed by atoms with Crippen LogP contribution in [0, 0.1) is 0 Å². The third kappa shape index (κ3) is 3.65. The van der Waals surface area contributed by atoms with Crippen molar-refractivity contribution in [3.8, 4) is 0 Å². The molecule has 0 aliphatic rings. The molecule has 0 atom stereocenters. The highest BCUT2D eigenvalue weighted by Gasteiger charge is 2.13. The van der Waals surface area contributed by atoms with E-state index in [9.17, 15) is 9.59 Å². The number of amides is 2. The van der Waals surface area contributed by atoms with Gasteiger partial charge in [-0.1, -0.05) is 11.8 Å². The predicted molar refractivity (Wildman–Crippen MR) is 70.9 cm³/mol. The van der Waals surface area contributed by atoms with Crippen LogP contribution < -0.4 is 11.1 Å². The molecule has 0 aromatic carbocycles. The zero-order valence-corrected chi connectivity index (χ0v) is 11.3. The molecular formula is C10H13N7O2S. The molecular weight excluding hydrogens is 282 g/mol. The fourth-order valence-electron chi connectivity index (χ4n) is 1.39. The van der Waals surface area contributed by atoms with E-state index in [-0.39, 0.29) is 5.75 Å². The summed E-state index contributed by atoms with van der Waals surface area (Å²) < 4.78 is 1.50. The van der Waals surface area contributed by atoms with Crippen molar-refractivity contribution in [2.24, 2.45) is 5.73 Å². The quantitative estimate of drug-likeness (QED) is 0.583. The number of imide groups is 1. The molecule has 0 spiro atoms. The highest BCUT2D eigenvalue weighted by molar-refractivity contribution is 7.99. The predicted octanol–water partition coefficient (Wildman–Crippen LogP) is -0.991. The summed E-state index contributed by atoms with van der Waals surface area (Å²) in [5.41, 5.74) is 5.74. The lowest BCUT2D eigenvalue weighted by Gasteiger charge is -2.03. The standard InChI is InChI=1S/C10H13N7O2S/c11-3-5-17-10(14-15-16-17)20-6-8(18)13-9(19)7-2-1-4-12-7/h1-2,4,12H,3,5-6,11H2,(H,13,18,19). The maximum absolute atomic E-state index is 11.6. The lowest BCUT2D eigenvalue weighted by molar-refractivity contribution is -0.117. The SMILES string of the molecule is NCCn1nnnc1SCC(=O)NC(=O)c1ccc[nH]1. The normalized spacial score (nSPS) is 10.4. The first-order chi connectivity index (χ1) is 9.70. The number of rotatable bonds is 6. The van der Waals surface area contributed by atoms with Crippen LogP contribution in [0.1, 0.15) is 10.5 Å². The highest BCUT2D eigenvalue weighted by Crippen LogP contribution is 2.12. The number of hydrogen-bond acceptors (Lipinski definition) is 7. The first kappa shape index (κ1) is 14.2. The Bertz CT molecular complexity index is 580. The number of nitrogens with zero attached hydrogens (tertiary/aromatic N) is 4. The van der Waals surface area contributed by atoms with Crippen LogP contribution in [-0.4, -0.2) is 49.3 Å². The summed E-state index contributed by atoms with van der Waals surface area (Å²) in [4.78, 5) is 26.0. The van der Waals surface area contributed by atoms with Crippen LogP contribution in [0.2, 0.25) is 0 Å². The molecule has 0 fully saturated rings. The van der Waals surface area contributed by atoms with Crippen LogP contribution in [-0.2, 0) is 11.3 Å². The van der Waals surface area contributed by atoms with Crippen LogP contribution in [0.3, 0.4) is 0 Å². The molecule has 0 aliphatic carbocycles. The van der Waals surface area contributed by atoms with E-state index in [1.54, 1.807) is 18.3 Å². The molecule has 106 valence electrons. The molecule has 0 saturated carbocycles. The molecule has 9 nitrogen and oxygen atoms in total. The summed E-state index contributed by atoms with van der Waals surface area (Å²) >= 11 is 1.14. The maximum Gasteiger partial charge on any atom is 0.274 e. The Morgan fingerprint density at radius 1 is 1.50 bits per heavy atom. The number of H-pyrrole nitrogens is 1. The lowest BCUT2D eigenvalue weighted by Crippen LogP contribution is -2.32. The molecule has 2 aromatic heterocycles. The second-order valence-corrected chi connectivity index (χ2v) is 4.67. The molecule has 2 rings (SSSR count). The van der Waals surface area contributed by atoms with E-state index < -0.39 is 11.8 Å². The first-order valence-corrected chi connectivity index (χ1v) is 6.76. The minimum Gasteiger partial charge on any atom is -0.357 e. The van der Waals surface area contributed by atoms with Gasteiger partial charge in [0.1, 0.15) is 5.69 Å². The Morgan fingerprint density at radius 2 is 2.35 bits per heavy atom. The average molecular weight is 295 g/mol. The van der Waals surface area contributed by atoms with Gasteiger partial charge in [0.05, 0.1) is 12.3 Å². The van der Waals surface area contributed by atoms with Crippen molar-refractivity contribution in [3.05, 3.63) is 24.0 Å². The van der Waals surface area contributed by atoms with Gasteiger partial charge in [-0.05, 0) is 22.6 Å². The smallest absolute Gasteiger partial charge is 0.274 e. The average Bonchev–Trinajstić information content (AvgIpc) is 3.08. The van der Waals surface area contributed by atoms with E-state index in [0.717, 1.165) is 11.8 Å². The second-order valence-electron chi connectivity index (χ2n) is 3.72. The number of tetrazole rings is 1. The van der Waals surface area contributed by atoms with Crippen molar-refractivity contribution >= 4 is 23.6 Å². The van der Waals surface area contributed by atoms with E-state index >= 15 is 0 Å². The molecule has 4 N–H and O–H groups in total. The second kappa shape index (κ2) is 6.82. The van der Waals surface area contributed by atoms with Gasteiger partial charge in [-0.3, -0.25) is 14.9 Å². The van der Waals surface area contributed by atoms with E-state index in [1.165, 1.54) is 4.68 Å². The molecule has 0 bridgehead atoms. The zero-order valence-electron chi connectivity index (χ0n) is 10.4. The Kier molecular flexibility index (Phi) is 4.85. The van der Waals surface area contributed by atoms with Gasteiger partial charge in [-0.25, -0.2) is 4.68 Å². The Balaban J connectivity index is 1.83. The van der Waals surface area contributed by atoms with Gasteiger partial charge in [-0.2, -0.15) is 0 Å². The van der Waals surface area contributed by atoms with E-state index in [0.29, 0.717) is 23.9 Å². The Morgan fingerprint density at radius 3 is 3.05 bits per heavy atom. The number of nitrogens with one attached hydrogen (secondary N) is 2. The van der Waals surface area contributed by atoms with Gasteiger partial charge >= 0.3 is 0 Å². The lowest BCUT2D eigenvalue weighted by atomic mass is 10.4. The van der Waals surface area contributed by atoms with Crippen LogP contribution in [0.5, 0.6) is 0 Å². The molecule has 2 heterocycles. The Labute approximate surface area is 118 Å². The summed E-state index contributed by atoms with van der Waals surface area (Å²) in [5, 5.41) is 13.8. The molecule has 0 aliphatic heterocycles. The van der Waals surface area contributed by atoms with Gasteiger partial charge in [0.15, 0.2) is 0 Å². The molecule has 20 heavy (non-hydrogen) atoms. The third-order valence-electron chi connectivity index (χ3n) is 2.27. The van der Waals surface area contributed by atoms with E-state index in [2.05, 4.69) is 25.8 Å². The van der Waals surface area contributed by atoms with Crippen molar-refractivity contribution < 1.29 is 9.59 Å². The fraction of sp³-hybridized carbons (Fsp3) is 0.300. The summed E-state index contributed by atoms with van der Waals surface area (Å²) in [6.45, 7) is 0.870. The first-order valence-electron chi connectivity index (χ1n) is 5.77. The molecule has 2 aromatic rings. The van der Waals surface area contributed by atoms with Crippen LogP contribution in [0.15, 0.2) is 23.5 Å². The highest BCUT2D eigenvalue weighted by atomic mass is 32.2. The fourth-order valence-corrected chi connectivity index (χ4v) is 2.10. The summed E-state index contributed by atoms with van der Waals surface area (Å²) in [5.74, 6) is -0.851. The van der Waals surface area contributed by atoms with Crippen LogP contribution in [0.25, 0.3) is 0 Å². The van der Waals surface area contributed by atoms with Crippen molar-refractivity contribution in [2.75, 3.05) is 12.3 Å². The molecule has 0 saturated heterocycles. The molecule has 10 heteroatoms. The number of aromatic amines is 1. The van der Waals surface area contributed by atoms with Crippen LogP contribution >= 0.6 is 11.8 Å². The van der Waals surface area contributed by atoms with Crippen molar-refractivity contribution in [1.29, 1.82) is 0 Å². The van der Waals surface area contributed by atoms with Crippen molar-refractivity contribution in [3.63, 3.8) is 0 Å². The number of hydrogen-bond donors (Lipinski definition) is 3. The van der Waals surface area contributed by atoms with Gasteiger partial charge in [0.25, 0.3) is 5.91 Å². The monoisotopic (exact) mass is 295 g/mol. The minimum absolute atomic E-state index is 0.0391. The van der Waals surface area contributed by atoms with Crippen molar-refractivity contribution in [2.45, 2.75) is 11.7 Å². The minimum atomic E-state index is -0.470. The summed E-state index contributed by atoms with van der Waals surface area (Å²) in [7, 11) is 0. The summed E-state index contributed by atoms with van der Waals surface area (Å²) in [6.07, 6.45) is 1.61. The number of carbonyl (C=O) groups excluding carboxylic acids is 2. The van der Waals surface area contributed by atoms with E-state index in [4.69, 9.17) is 5.73 Å². The number of carbonyl (C=O) groups is 2. The number of thioether (sulfide) groups is 1. The van der Waals surface area contributed by atoms with Gasteiger partial charge in [0, 0.05) is 12.7 Å². The van der Waals surface area contributed by atoms with Gasteiger partial charge in [0.2, 0.25) is 11.1 Å². The van der Waals surface area contributed by atoms with Gasteiger partial charge in [-0.15, -0.1) is 5.10 Å². The molecule has 2 amide bonds. The molecule has 0 unspecified atom stereocenters. The number of nitrogens with two attached hydrogens (primary N) is 1. The molecule has 0 radical (unpaired) electrons. The summed E-state index contributed by atoms with van der Waals surface area (Å²) in [6, 6.07) is 3.26. The van der Waals surface area contributed by atoms with Crippen LogP contribution in [0.4, 0.5) is 0 Å². The van der Waals surface area contributed by atoms with Crippen molar-refractivity contribution in [1.82, 2.24) is 30.5 Å². The topological polar surface area (TPSA) is 132 Å². The zero-order chi connectivity index (χ0) is 14.4. The largest absolute Gasteiger partial charge is 0.357 e. The number of aromatic nitrogens is 5. The van der Waals surface area contributed by atoms with Gasteiger partial charge < -0.3 is 10.7 Å².